The number of carbonyl (C=O) groups is 1. The van der Waals surface area contributed by atoms with E-state index in [2.05, 4.69) is 26.6 Å². The number of anilines is 1. The summed E-state index contributed by atoms with van der Waals surface area (Å²) in [6.45, 7) is 3.57. The molecule has 142 valence electrons. The first-order valence-corrected chi connectivity index (χ1v) is 8.79. The van der Waals surface area contributed by atoms with Crippen LogP contribution in [0.15, 0.2) is 46.9 Å². The number of alkyl halides is 3. The minimum Gasteiger partial charge on any atom is -0.405 e. The fourth-order valence-corrected chi connectivity index (χ4v) is 3.40. The van der Waals surface area contributed by atoms with E-state index in [9.17, 15) is 22.8 Å². The maximum absolute atomic E-state index is 12.7. The SMILES string of the molecule is C=CCSc1nc2c(c(=O)[nH]1)C(c1ccccc1OC(F)(F)F)CC(=O)N2. The summed E-state index contributed by atoms with van der Waals surface area (Å²) in [6.07, 6.45) is -3.48. The monoisotopic (exact) mass is 397 g/mol. The van der Waals surface area contributed by atoms with E-state index in [0.717, 1.165) is 6.07 Å². The van der Waals surface area contributed by atoms with Crippen molar-refractivity contribution in [3.05, 3.63) is 58.4 Å². The lowest BCUT2D eigenvalue weighted by Crippen LogP contribution is -2.32. The number of ether oxygens (including phenoxy) is 1. The molecule has 0 spiro atoms. The van der Waals surface area contributed by atoms with Crippen molar-refractivity contribution in [2.45, 2.75) is 23.9 Å². The number of H-pyrrole nitrogens is 1. The van der Waals surface area contributed by atoms with Crippen LogP contribution in [0.1, 0.15) is 23.5 Å². The van der Waals surface area contributed by atoms with E-state index in [-0.39, 0.29) is 28.5 Å². The molecule has 1 aromatic carbocycles. The number of carbonyl (C=O) groups excluding carboxylic acids is 1. The number of halogens is 3. The Morgan fingerprint density at radius 1 is 1.33 bits per heavy atom. The molecule has 0 fully saturated rings. The number of nitrogens with one attached hydrogen (secondary N) is 2. The number of nitrogens with zero attached hydrogens (tertiary/aromatic N) is 1. The van der Waals surface area contributed by atoms with Gasteiger partial charge in [0.1, 0.15) is 11.6 Å². The summed E-state index contributed by atoms with van der Waals surface area (Å²) in [5.41, 5.74) is -0.348. The Morgan fingerprint density at radius 3 is 2.78 bits per heavy atom. The molecule has 27 heavy (non-hydrogen) atoms. The minimum atomic E-state index is -4.90. The number of hydrogen-bond donors (Lipinski definition) is 2. The van der Waals surface area contributed by atoms with Crippen LogP contribution in [0.3, 0.4) is 0 Å². The Bertz CT molecular complexity index is 943. The van der Waals surface area contributed by atoms with Crippen LogP contribution in [-0.4, -0.2) is 28.0 Å². The molecule has 0 bridgehead atoms. The Balaban J connectivity index is 2.09. The highest BCUT2D eigenvalue weighted by Gasteiger charge is 2.36. The summed E-state index contributed by atoms with van der Waals surface area (Å²) in [5, 5.41) is 2.79. The first kappa shape index (κ1) is 19.0. The minimum absolute atomic E-state index is 0.0355. The lowest BCUT2D eigenvalue weighted by Gasteiger charge is -2.26. The van der Waals surface area contributed by atoms with Crippen LogP contribution in [0.4, 0.5) is 19.0 Å². The molecule has 1 unspecified atom stereocenters. The Morgan fingerprint density at radius 2 is 2.07 bits per heavy atom. The van der Waals surface area contributed by atoms with Gasteiger partial charge in [-0.15, -0.1) is 19.8 Å². The molecule has 1 aromatic heterocycles. The van der Waals surface area contributed by atoms with Crippen molar-refractivity contribution in [3.63, 3.8) is 0 Å². The van der Waals surface area contributed by atoms with E-state index in [0.29, 0.717) is 5.75 Å². The number of rotatable bonds is 5. The largest absolute Gasteiger partial charge is 0.573 e. The summed E-state index contributed by atoms with van der Waals surface area (Å²) >= 11 is 1.21. The second kappa shape index (κ2) is 7.47. The zero-order valence-electron chi connectivity index (χ0n) is 13.8. The number of amides is 1. The fourth-order valence-electron chi connectivity index (χ4n) is 2.81. The van der Waals surface area contributed by atoms with Crippen LogP contribution in [-0.2, 0) is 4.79 Å². The highest BCUT2D eigenvalue weighted by atomic mass is 32.2. The van der Waals surface area contributed by atoms with Crippen LogP contribution in [0.25, 0.3) is 0 Å². The molecule has 0 aliphatic carbocycles. The third-order valence-corrected chi connectivity index (χ3v) is 4.66. The van der Waals surface area contributed by atoms with Gasteiger partial charge in [-0.3, -0.25) is 9.59 Å². The molecule has 2 N–H and O–H groups in total. The zero-order valence-corrected chi connectivity index (χ0v) is 14.6. The van der Waals surface area contributed by atoms with Gasteiger partial charge >= 0.3 is 6.36 Å². The third kappa shape index (κ3) is 4.33. The Kier molecular flexibility index (Phi) is 5.26. The van der Waals surface area contributed by atoms with E-state index in [1.54, 1.807) is 6.08 Å². The number of fused-ring (bicyclic) bond motifs is 1. The van der Waals surface area contributed by atoms with E-state index in [1.165, 1.54) is 30.0 Å². The maximum Gasteiger partial charge on any atom is 0.573 e. The van der Waals surface area contributed by atoms with Gasteiger partial charge in [0.25, 0.3) is 5.56 Å². The molecule has 1 aliphatic heterocycles. The molecule has 0 saturated carbocycles. The molecule has 3 rings (SSSR count). The van der Waals surface area contributed by atoms with Gasteiger partial charge < -0.3 is 15.0 Å². The van der Waals surface area contributed by atoms with Crippen molar-refractivity contribution in [1.29, 1.82) is 0 Å². The predicted octanol–water partition coefficient (Wildman–Crippen LogP) is 3.42. The van der Waals surface area contributed by atoms with E-state index < -0.39 is 29.5 Å². The number of benzene rings is 1. The average molecular weight is 397 g/mol. The summed E-state index contributed by atoms with van der Waals surface area (Å²) in [7, 11) is 0. The topological polar surface area (TPSA) is 84.1 Å². The van der Waals surface area contributed by atoms with Crippen molar-refractivity contribution < 1.29 is 22.7 Å². The first-order valence-electron chi connectivity index (χ1n) is 7.81. The van der Waals surface area contributed by atoms with Gasteiger partial charge in [-0.05, 0) is 6.07 Å². The molecule has 1 atom stereocenters. The van der Waals surface area contributed by atoms with Crippen molar-refractivity contribution in [2.75, 3.05) is 11.1 Å². The predicted molar refractivity (Wildman–Crippen MR) is 94.0 cm³/mol. The lowest BCUT2D eigenvalue weighted by molar-refractivity contribution is -0.274. The molecule has 1 amide bonds. The van der Waals surface area contributed by atoms with Crippen molar-refractivity contribution >= 4 is 23.5 Å². The van der Waals surface area contributed by atoms with Gasteiger partial charge in [-0.1, -0.05) is 36.0 Å². The maximum atomic E-state index is 12.7. The molecule has 0 saturated heterocycles. The second-order valence-electron chi connectivity index (χ2n) is 5.62. The first-order chi connectivity index (χ1) is 12.8. The molecule has 2 heterocycles. The van der Waals surface area contributed by atoms with E-state index in [1.807, 2.05) is 0 Å². The van der Waals surface area contributed by atoms with Gasteiger partial charge in [-0.2, -0.15) is 0 Å². The molecular formula is C17H14F3N3O3S. The lowest BCUT2D eigenvalue weighted by atomic mass is 9.86. The van der Waals surface area contributed by atoms with E-state index >= 15 is 0 Å². The summed E-state index contributed by atoms with van der Waals surface area (Å²) < 4.78 is 42.2. The standard InChI is InChI=1S/C17H14F3N3O3S/c1-2-7-27-16-22-14-13(15(25)23-16)10(8-12(24)21-14)9-5-3-4-6-11(9)26-17(18,19)20/h2-6,10H,1,7-8H2,(H2,21,22,23,24,25). The summed E-state index contributed by atoms with van der Waals surface area (Å²) in [4.78, 5) is 31.5. The van der Waals surface area contributed by atoms with Gasteiger partial charge in [0, 0.05) is 23.7 Å². The van der Waals surface area contributed by atoms with E-state index in [4.69, 9.17) is 0 Å². The summed E-state index contributed by atoms with van der Waals surface area (Å²) in [6, 6.07) is 5.44. The Labute approximate surface area is 155 Å². The number of thioether (sulfide) groups is 1. The third-order valence-electron chi connectivity index (χ3n) is 3.79. The smallest absolute Gasteiger partial charge is 0.405 e. The molecule has 1 aliphatic rings. The zero-order chi connectivity index (χ0) is 19.6. The second-order valence-corrected chi connectivity index (χ2v) is 6.63. The van der Waals surface area contributed by atoms with Crippen molar-refractivity contribution in [1.82, 2.24) is 9.97 Å². The number of aromatic amines is 1. The van der Waals surface area contributed by atoms with Gasteiger partial charge in [0.05, 0.1) is 5.56 Å². The average Bonchev–Trinajstić information content (AvgIpc) is 2.58. The fraction of sp³-hybridized carbons (Fsp3) is 0.235. The number of para-hydroxylation sites is 1. The van der Waals surface area contributed by atoms with Crippen LogP contribution in [0.5, 0.6) is 5.75 Å². The van der Waals surface area contributed by atoms with Crippen molar-refractivity contribution in [3.8, 4) is 5.75 Å². The highest BCUT2D eigenvalue weighted by molar-refractivity contribution is 7.99. The highest BCUT2D eigenvalue weighted by Crippen LogP contribution is 2.40. The molecule has 6 nitrogen and oxygen atoms in total. The van der Waals surface area contributed by atoms with Gasteiger partial charge in [0.15, 0.2) is 5.16 Å². The molecule has 10 heteroatoms. The van der Waals surface area contributed by atoms with Crippen LogP contribution in [0, 0.1) is 0 Å². The van der Waals surface area contributed by atoms with Gasteiger partial charge in [-0.25, -0.2) is 4.98 Å². The van der Waals surface area contributed by atoms with Crippen LogP contribution < -0.4 is 15.6 Å². The van der Waals surface area contributed by atoms with Crippen molar-refractivity contribution in [2.24, 2.45) is 0 Å². The van der Waals surface area contributed by atoms with Crippen LogP contribution >= 0.6 is 11.8 Å². The normalized spacial score (nSPS) is 16.4. The van der Waals surface area contributed by atoms with Crippen LogP contribution in [0.2, 0.25) is 0 Å². The summed E-state index contributed by atoms with van der Waals surface area (Å²) in [5.74, 6) is -1.30. The molecular weight excluding hydrogens is 383 g/mol. The van der Waals surface area contributed by atoms with Gasteiger partial charge in [0.2, 0.25) is 5.91 Å². The number of aromatic nitrogens is 2. The molecule has 0 radical (unpaired) electrons. The quantitative estimate of drug-likeness (QED) is 0.459. The Hall–Kier alpha value is -2.75. The number of hydrogen-bond acceptors (Lipinski definition) is 5. The molecule has 2 aromatic rings.